The molecule has 2 unspecified atom stereocenters. The van der Waals surface area contributed by atoms with Gasteiger partial charge in [-0.15, -0.1) is 0 Å². The van der Waals surface area contributed by atoms with Crippen molar-refractivity contribution in [3.63, 3.8) is 0 Å². The number of hydrogen-bond acceptors (Lipinski definition) is 8. The van der Waals surface area contributed by atoms with E-state index in [1.807, 2.05) is 40.0 Å². The molecule has 41 heavy (non-hydrogen) atoms. The summed E-state index contributed by atoms with van der Waals surface area (Å²) in [4.78, 5) is 36.0. The van der Waals surface area contributed by atoms with Gasteiger partial charge in [-0.05, 0) is 85.1 Å². The molecule has 242 valence electrons. The number of nitrogens with two attached hydrogens (primary N) is 2. The quantitative estimate of drug-likeness (QED) is 0.0736. The third-order valence-corrected chi connectivity index (χ3v) is 12.2. The van der Waals surface area contributed by atoms with Gasteiger partial charge in [-0.25, -0.2) is 14.4 Å². The summed E-state index contributed by atoms with van der Waals surface area (Å²) in [5, 5.41) is 11.4. The van der Waals surface area contributed by atoms with Crippen molar-refractivity contribution < 1.29 is 28.0 Å². The first kappa shape index (κ1) is 39.1. The van der Waals surface area contributed by atoms with Crippen LogP contribution in [0.5, 0.6) is 0 Å². The van der Waals surface area contributed by atoms with E-state index in [4.69, 9.17) is 25.1 Å². The molecule has 0 aromatic carbocycles. The van der Waals surface area contributed by atoms with Crippen LogP contribution in [0.3, 0.4) is 0 Å². The summed E-state index contributed by atoms with van der Waals surface area (Å²) < 4.78 is 17.2. The molecule has 4 amide bonds. The van der Waals surface area contributed by atoms with E-state index >= 15 is 0 Å². The van der Waals surface area contributed by atoms with Crippen LogP contribution >= 0.6 is 0 Å². The van der Waals surface area contributed by atoms with Gasteiger partial charge in [0.25, 0.3) is 0 Å². The third-order valence-electron chi connectivity index (χ3n) is 6.15. The first-order chi connectivity index (χ1) is 19.3. The van der Waals surface area contributed by atoms with Gasteiger partial charge in [0.05, 0.1) is 0 Å². The Bertz CT molecular complexity index is 730. The van der Waals surface area contributed by atoms with Crippen molar-refractivity contribution in [2.45, 2.75) is 116 Å². The largest absolute Gasteiger partial charge is 0.451 e. The van der Waals surface area contributed by atoms with E-state index in [0.29, 0.717) is 26.2 Å². The molecule has 0 saturated carbocycles. The monoisotopic (exact) mass is 620 g/mol. The molecule has 2 atom stereocenters. The Kier molecular flexibility index (Phi) is 21.6. The van der Waals surface area contributed by atoms with E-state index in [0.717, 1.165) is 64.2 Å². The summed E-state index contributed by atoms with van der Waals surface area (Å²) >= 11 is 0. The fourth-order valence-electron chi connectivity index (χ4n) is 4.06. The second-order valence-corrected chi connectivity index (χ2v) is 20.5. The number of alkyl carbamates (subject to hydrolysis) is 2. The van der Waals surface area contributed by atoms with Crippen molar-refractivity contribution in [1.29, 1.82) is 0 Å². The fraction of sp³-hybridized carbons (Fsp3) is 0.889. The molecule has 0 aliphatic heterocycles. The highest BCUT2D eigenvalue weighted by atomic mass is 28.4. The maximum Gasteiger partial charge on any atom is 0.406 e. The minimum absolute atomic E-state index is 0.0965. The molecule has 0 aromatic heterocycles. The number of unbranched alkanes of at least 4 members (excludes halogenated alkanes) is 6. The van der Waals surface area contributed by atoms with E-state index in [1.165, 1.54) is 0 Å². The molecule has 14 heteroatoms. The van der Waals surface area contributed by atoms with Crippen molar-refractivity contribution in [2.75, 3.05) is 38.6 Å². The number of hydrogen-bond donors (Lipinski definition) is 6. The van der Waals surface area contributed by atoms with E-state index in [2.05, 4.69) is 21.3 Å². The van der Waals surface area contributed by atoms with Crippen LogP contribution in [0.1, 0.15) is 78.1 Å². The number of amides is 4. The lowest BCUT2D eigenvalue weighted by molar-refractivity contribution is 0.155. The van der Waals surface area contributed by atoms with Crippen LogP contribution in [0, 0.1) is 0 Å². The predicted molar refractivity (Wildman–Crippen MR) is 170 cm³/mol. The minimum atomic E-state index is -2.31. The number of nitrogens with one attached hydrogen (secondary N) is 4. The topological polar surface area (TPSA) is 179 Å². The van der Waals surface area contributed by atoms with Crippen molar-refractivity contribution >= 4 is 34.9 Å². The van der Waals surface area contributed by atoms with Crippen LogP contribution in [-0.4, -0.2) is 85.6 Å². The molecule has 0 bridgehead atoms. The van der Waals surface area contributed by atoms with Gasteiger partial charge < -0.3 is 46.3 Å². The average Bonchev–Trinajstić information content (AvgIpc) is 2.88. The standard InChI is InChI=1S/C27H60N6O6Si2/c1-23(29)15-16-24(2)33-25(34)30-18-12-9-10-14-20-32-27(36)38-22-41(5,6)39-40(3,4)21-37-26(35)31-19-13-8-7-11-17-28/h23-24H,7-22,28-29H2,1-6H3,(H,31,35)(H,32,36)(H2,30,33,34). The normalized spacial score (nSPS) is 13.2. The van der Waals surface area contributed by atoms with Crippen LogP contribution < -0.4 is 32.7 Å². The lowest BCUT2D eigenvalue weighted by Gasteiger charge is -2.32. The first-order valence-electron chi connectivity index (χ1n) is 15.3. The van der Waals surface area contributed by atoms with Crippen molar-refractivity contribution in [2.24, 2.45) is 11.5 Å². The molecular formula is C27H60N6O6Si2. The number of urea groups is 1. The molecule has 0 spiro atoms. The van der Waals surface area contributed by atoms with E-state index in [1.54, 1.807) is 0 Å². The minimum Gasteiger partial charge on any atom is -0.451 e. The highest BCUT2D eigenvalue weighted by Crippen LogP contribution is 2.15. The van der Waals surface area contributed by atoms with Crippen LogP contribution in [0.4, 0.5) is 14.4 Å². The van der Waals surface area contributed by atoms with Gasteiger partial charge in [-0.2, -0.15) is 0 Å². The number of carbonyl (C=O) groups is 3. The number of rotatable bonds is 23. The fourth-order valence-corrected chi connectivity index (χ4v) is 11.5. The summed E-state index contributed by atoms with van der Waals surface area (Å²) in [6.07, 6.45) is 8.94. The number of carbonyl (C=O) groups excluding carboxylic acids is 3. The zero-order valence-corrected chi connectivity index (χ0v) is 28.6. The molecule has 0 aliphatic rings. The molecular weight excluding hydrogens is 561 g/mol. The van der Waals surface area contributed by atoms with E-state index < -0.39 is 28.8 Å². The Morgan fingerprint density at radius 2 is 1.12 bits per heavy atom. The van der Waals surface area contributed by atoms with Gasteiger partial charge in [0, 0.05) is 31.7 Å². The first-order valence-corrected chi connectivity index (χ1v) is 21.5. The molecule has 0 aliphatic carbocycles. The van der Waals surface area contributed by atoms with Crippen molar-refractivity contribution in [3.05, 3.63) is 0 Å². The predicted octanol–water partition coefficient (Wildman–Crippen LogP) is 3.84. The third kappa shape index (κ3) is 25.6. The molecule has 0 saturated heterocycles. The Hall–Kier alpha value is -1.88. The van der Waals surface area contributed by atoms with Gasteiger partial charge in [0.2, 0.25) is 16.6 Å². The summed E-state index contributed by atoms with van der Waals surface area (Å²) in [5.74, 6) is 0. The summed E-state index contributed by atoms with van der Waals surface area (Å²) in [6, 6.07) is 0.0884. The van der Waals surface area contributed by atoms with Gasteiger partial charge >= 0.3 is 18.2 Å². The highest BCUT2D eigenvalue weighted by molar-refractivity contribution is 6.84. The maximum atomic E-state index is 12.1. The Balaban J connectivity index is 3.92. The smallest absolute Gasteiger partial charge is 0.406 e. The molecule has 12 nitrogen and oxygen atoms in total. The Morgan fingerprint density at radius 1 is 0.683 bits per heavy atom. The second-order valence-electron chi connectivity index (χ2n) is 12.1. The van der Waals surface area contributed by atoms with Crippen LogP contribution in [0.25, 0.3) is 0 Å². The van der Waals surface area contributed by atoms with Crippen molar-refractivity contribution in [3.8, 4) is 0 Å². The van der Waals surface area contributed by atoms with Crippen LogP contribution in [0.2, 0.25) is 26.2 Å². The summed E-state index contributed by atoms with van der Waals surface area (Å²) in [7, 11) is -4.60. The average molecular weight is 621 g/mol. The second kappa shape index (κ2) is 22.7. The van der Waals surface area contributed by atoms with Gasteiger partial charge in [0.15, 0.2) is 0 Å². The van der Waals surface area contributed by atoms with E-state index in [9.17, 15) is 14.4 Å². The highest BCUT2D eigenvalue weighted by Gasteiger charge is 2.35. The zero-order valence-electron chi connectivity index (χ0n) is 26.6. The summed E-state index contributed by atoms with van der Waals surface area (Å²) in [5.41, 5.74) is 11.2. The van der Waals surface area contributed by atoms with Gasteiger partial charge in [-0.1, -0.05) is 25.7 Å². The molecule has 0 heterocycles. The Morgan fingerprint density at radius 3 is 1.56 bits per heavy atom. The maximum absolute atomic E-state index is 12.1. The van der Waals surface area contributed by atoms with Gasteiger partial charge in [-0.3, -0.25) is 0 Å². The van der Waals surface area contributed by atoms with Crippen LogP contribution in [0.15, 0.2) is 0 Å². The zero-order chi connectivity index (χ0) is 31.2. The molecule has 0 rings (SSSR count). The summed E-state index contributed by atoms with van der Waals surface area (Å²) in [6.45, 7) is 14.3. The molecule has 0 radical (unpaired) electrons. The van der Waals surface area contributed by atoms with Crippen molar-refractivity contribution in [1.82, 2.24) is 21.3 Å². The lowest BCUT2D eigenvalue weighted by Crippen LogP contribution is -2.51. The van der Waals surface area contributed by atoms with Gasteiger partial charge in [0.1, 0.15) is 12.5 Å². The molecule has 8 N–H and O–H groups in total. The molecule has 0 fully saturated rings. The van der Waals surface area contributed by atoms with E-state index in [-0.39, 0.29) is 30.6 Å². The SMILES string of the molecule is CC(N)CCC(C)NC(=O)NCCCCCCNC(=O)OC[Si](C)(C)O[Si](C)(C)COC(=O)NCCCCCCN. The molecule has 0 aromatic rings. The van der Waals surface area contributed by atoms with Crippen LogP contribution in [-0.2, 0) is 13.6 Å². The lowest BCUT2D eigenvalue weighted by atomic mass is 10.1. The number of ether oxygens (including phenoxy) is 2. The Labute approximate surface area is 250 Å².